The summed E-state index contributed by atoms with van der Waals surface area (Å²) in [7, 11) is -3.88. The van der Waals surface area contributed by atoms with Crippen LogP contribution in [-0.4, -0.2) is 49.2 Å². The van der Waals surface area contributed by atoms with Crippen LogP contribution < -0.4 is 9.64 Å². The van der Waals surface area contributed by atoms with Crippen molar-refractivity contribution in [3.63, 3.8) is 0 Å². The first-order chi connectivity index (χ1) is 14.5. The Morgan fingerprint density at radius 3 is 2.73 bits per heavy atom. The Balaban J connectivity index is 1.17. The van der Waals surface area contributed by atoms with Gasteiger partial charge in [0.2, 0.25) is 21.6 Å². The molecule has 2 aromatic rings. The minimum Gasteiger partial charge on any atom is -0.478 e. The summed E-state index contributed by atoms with van der Waals surface area (Å²) in [6.07, 6.45) is 6.38. The standard InChI is InChI=1S/C20H27FN4O4S/c1-2-18-23-20(24-29-18)25-8-5-14(6-9-25)17-11-15(17)7-10-28-19-4-3-16(12-22-19)30(26,27)13-21/h3-4,12,14-15,17H,2,5-11,13H2,1H3/t15-,17-/m1/s1. The number of halogens is 1. The highest BCUT2D eigenvalue weighted by Gasteiger charge is 2.43. The quantitative estimate of drug-likeness (QED) is 0.589. The van der Waals surface area contributed by atoms with Gasteiger partial charge in [-0.15, -0.1) is 0 Å². The summed E-state index contributed by atoms with van der Waals surface area (Å²) in [5.74, 6) is 3.91. The Kier molecular flexibility index (Phi) is 6.21. The Morgan fingerprint density at radius 2 is 2.10 bits per heavy atom. The molecule has 0 unspecified atom stereocenters. The maximum atomic E-state index is 12.5. The fourth-order valence-electron chi connectivity index (χ4n) is 4.24. The molecular formula is C20H27FN4O4S. The number of nitrogens with zero attached hydrogens (tertiary/aromatic N) is 4. The van der Waals surface area contributed by atoms with Gasteiger partial charge in [-0.1, -0.05) is 6.92 Å². The lowest BCUT2D eigenvalue weighted by atomic mass is 9.90. The zero-order valence-electron chi connectivity index (χ0n) is 17.0. The molecule has 0 spiro atoms. The molecule has 0 aromatic carbocycles. The third kappa shape index (κ3) is 4.74. The van der Waals surface area contributed by atoms with Gasteiger partial charge >= 0.3 is 0 Å². The van der Waals surface area contributed by atoms with Gasteiger partial charge in [-0.2, -0.15) is 4.98 Å². The molecule has 10 heteroatoms. The molecule has 1 aliphatic heterocycles. The molecule has 8 nitrogen and oxygen atoms in total. The zero-order valence-corrected chi connectivity index (χ0v) is 17.9. The van der Waals surface area contributed by atoms with E-state index < -0.39 is 15.8 Å². The summed E-state index contributed by atoms with van der Waals surface area (Å²) in [5.41, 5.74) is 0. The van der Waals surface area contributed by atoms with Crippen molar-refractivity contribution in [1.82, 2.24) is 15.1 Å². The number of ether oxygens (including phenoxy) is 1. The minimum atomic E-state index is -3.88. The number of alkyl halides is 1. The van der Waals surface area contributed by atoms with Crippen LogP contribution in [0.15, 0.2) is 27.7 Å². The highest BCUT2D eigenvalue weighted by Crippen LogP contribution is 2.49. The monoisotopic (exact) mass is 438 g/mol. The molecule has 1 saturated heterocycles. The van der Waals surface area contributed by atoms with Crippen LogP contribution in [0.25, 0.3) is 0 Å². The molecule has 0 amide bonds. The van der Waals surface area contributed by atoms with Crippen LogP contribution >= 0.6 is 0 Å². The maximum Gasteiger partial charge on any atom is 0.266 e. The van der Waals surface area contributed by atoms with Gasteiger partial charge in [-0.3, -0.25) is 0 Å². The third-order valence-corrected chi connectivity index (χ3v) is 7.36. The molecule has 2 fully saturated rings. The second-order valence-corrected chi connectivity index (χ2v) is 9.94. The molecule has 0 N–H and O–H groups in total. The summed E-state index contributed by atoms with van der Waals surface area (Å²) in [6.45, 7) is 4.48. The fraction of sp³-hybridized carbons (Fsp3) is 0.650. The first-order valence-corrected chi connectivity index (χ1v) is 12.1. The van der Waals surface area contributed by atoms with Crippen molar-refractivity contribution in [2.24, 2.45) is 17.8 Å². The number of aromatic nitrogens is 3. The Bertz CT molecular complexity index is 942. The van der Waals surface area contributed by atoms with Gasteiger partial charge in [-0.05, 0) is 54.7 Å². The molecule has 2 aromatic heterocycles. The van der Waals surface area contributed by atoms with Crippen molar-refractivity contribution >= 4 is 15.8 Å². The second kappa shape index (κ2) is 8.87. The van der Waals surface area contributed by atoms with Crippen LogP contribution in [-0.2, 0) is 16.3 Å². The van der Waals surface area contributed by atoms with E-state index in [1.807, 2.05) is 6.92 Å². The van der Waals surface area contributed by atoms with E-state index in [4.69, 9.17) is 9.26 Å². The van der Waals surface area contributed by atoms with E-state index in [2.05, 4.69) is 20.0 Å². The van der Waals surface area contributed by atoms with Crippen LogP contribution in [0.2, 0.25) is 0 Å². The molecule has 1 aliphatic carbocycles. The van der Waals surface area contributed by atoms with Crippen molar-refractivity contribution in [2.75, 3.05) is 30.6 Å². The molecule has 2 atom stereocenters. The predicted octanol–water partition coefficient (Wildman–Crippen LogP) is 3.05. The number of aryl methyl sites for hydroxylation is 1. The van der Waals surface area contributed by atoms with E-state index in [1.54, 1.807) is 0 Å². The van der Waals surface area contributed by atoms with Crippen LogP contribution in [0, 0.1) is 17.8 Å². The smallest absolute Gasteiger partial charge is 0.266 e. The van der Waals surface area contributed by atoms with Crippen molar-refractivity contribution in [1.29, 1.82) is 0 Å². The highest BCUT2D eigenvalue weighted by atomic mass is 32.2. The SMILES string of the molecule is CCc1nc(N2CCC([C@H]3C[C@H]3CCOc3ccc(S(=O)(=O)CF)cn3)CC2)no1. The molecule has 1 saturated carbocycles. The molecule has 4 rings (SSSR count). The number of hydrogen-bond donors (Lipinski definition) is 0. The van der Waals surface area contributed by atoms with E-state index in [0.717, 1.165) is 56.8 Å². The van der Waals surface area contributed by atoms with E-state index in [9.17, 15) is 12.8 Å². The van der Waals surface area contributed by atoms with E-state index in [0.29, 0.717) is 30.2 Å². The van der Waals surface area contributed by atoms with E-state index in [-0.39, 0.29) is 4.90 Å². The number of piperidine rings is 1. The number of sulfone groups is 1. The molecule has 3 heterocycles. The van der Waals surface area contributed by atoms with Crippen molar-refractivity contribution in [3.05, 3.63) is 24.2 Å². The molecular weight excluding hydrogens is 411 g/mol. The lowest BCUT2D eigenvalue weighted by Crippen LogP contribution is -2.35. The van der Waals surface area contributed by atoms with E-state index in [1.165, 1.54) is 18.6 Å². The van der Waals surface area contributed by atoms with Gasteiger partial charge < -0.3 is 14.2 Å². The summed E-state index contributed by atoms with van der Waals surface area (Å²) in [6, 6.07) is 1.38. The molecule has 0 bridgehead atoms. The van der Waals surface area contributed by atoms with Gasteiger partial charge in [0.25, 0.3) is 5.95 Å². The van der Waals surface area contributed by atoms with Gasteiger partial charge in [0, 0.05) is 31.8 Å². The Labute approximate surface area is 175 Å². The number of hydrogen-bond acceptors (Lipinski definition) is 8. The highest BCUT2D eigenvalue weighted by molar-refractivity contribution is 7.91. The summed E-state index contributed by atoms with van der Waals surface area (Å²) in [5, 5.41) is 4.07. The van der Waals surface area contributed by atoms with E-state index >= 15 is 0 Å². The zero-order chi connectivity index (χ0) is 21.1. The average molecular weight is 439 g/mol. The Hall–Kier alpha value is -2.23. The first kappa shape index (κ1) is 21.0. The predicted molar refractivity (Wildman–Crippen MR) is 108 cm³/mol. The van der Waals surface area contributed by atoms with Crippen molar-refractivity contribution in [3.8, 4) is 5.88 Å². The van der Waals surface area contributed by atoms with Crippen LogP contribution in [0.1, 0.15) is 38.5 Å². The molecule has 164 valence electrons. The normalized spacial score (nSPS) is 22.3. The third-order valence-electron chi connectivity index (χ3n) is 6.12. The number of pyridine rings is 1. The van der Waals surface area contributed by atoms with Crippen LogP contribution in [0.5, 0.6) is 5.88 Å². The number of anilines is 1. The number of rotatable bonds is 9. The van der Waals surface area contributed by atoms with Crippen molar-refractivity contribution in [2.45, 2.75) is 43.9 Å². The fourth-order valence-corrected chi connectivity index (χ4v) is 4.85. The summed E-state index contributed by atoms with van der Waals surface area (Å²) >= 11 is 0. The lowest BCUT2D eigenvalue weighted by Gasteiger charge is -2.31. The topological polar surface area (TPSA) is 98.4 Å². The molecule has 0 radical (unpaired) electrons. The van der Waals surface area contributed by atoms with Crippen LogP contribution in [0.3, 0.4) is 0 Å². The maximum absolute atomic E-state index is 12.5. The van der Waals surface area contributed by atoms with Crippen molar-refractivity contribution < 1.29 is 22.1 Å². The first-order valence-electron chi connectivity index (χ1n) is 10.4. The van der Waals surface area contributed by atoms with Crippen LogP contribution in [0.4, 0.5) is 10.3 Å². The summed E-state index contributed by atoms with van der Waals surface area (Å²) < 4.78 is 46.3. The average Bonchev–Trinajstić information content (AvgIpc) is 3.38. The Morgan fingerprint density at radius 1 is 1.30 bits per heavy atom. The van der Waals surface area contributed by atoms with Gasteiger partial charge in [0.05, 0.1) is 11.5 Å². The van der Waals surface area contributed by atoms with Gasteiger partial charge in [-0.25, -0.2) is 17.8 Å². The van der Waals surface area contributed by atoms with Gasteiger partial charge in [0.1, 0.15) is 0 Å². The molecule has 2 aliphatic rings. The minimum absolute atomic E-state index is 0.127. The van der Waals surface area contributed by atoms with Gasteiger partial charge in [0.15, 0.2) is 6.01 Å². The largest absolute Gasteiger partial charge is 0.478 e. The molecule has 30 heavy (non-hydrogen) atoms. The lowest BCUT2D eigenvalue weighted by molar-refractivity contribution is 0.275. The summed E-state index contributed by atoms with van der Waals surface area (Å²) in [4.78, 5) is 10.5. The second-order valence-electron chi connectivity index (χ2n) is 8.02.